The van der Waals surface area contributed by atoms with Crippen LogP contribution in [0.3, 0.4) is 0 Å². The lowest BCUT2D eigenvalue weighted by atomic mass is 9.82. The Labute approximate surface area is 464 Å². The number of ether oxygens (including phenoxy) is 9. The highest BCUT2D eigenvalue weighted by atomic mass is 16.7. The lowest BCUT2D eigenvalue weighted by Gasteiger charge is -2.50. The molecule has 0 spiro atoms. The molecule has 3 heterocycles. The third-order valence-corrected chi connectivity index (χ3v) is 12.4. The van der Waals surface area contributed by atoms with Crippen LogP contribution >= 0.6 is 0 Å². The molecule has 3 aliphatic heterocycles. The normalized spacial score (nSPS) is 29.2. The van der Waals surface area contributed by atoms with E-state index in [2.05, 4.69) is 26.6 Å². The highest BCUT2D eigenvalue weighted by molar-refractivity contribution is 5.81. The van der Waals surface area contributed by atoms with Gasteiger partial charge in [0.05, 0.1) is 37.3 Å². The number of aliphatic hydroxyl groups excluding tert-OH is 3. The maximum Gasteiger partial charge on any atom is 0.410 e. The molecule has 26 nitrogen and oxygen atoms in total. The van der Waals surface area contributed by atoms with E-state index >= 15 is 0 Å². The lowest BCUT2D eigenvalue weighted by Crippen LogP contribution is -2.71. The van der Waals surface area contributed by atoms with Crippen molar-refractivity contribution >= 4 is 36.4 Å². The van der Waals surface area contributed by atoms with E-state index in [0.29, 0.717) is 18.8 Å². The third kappa shape index (κ3) is 21.5. The molecule has 2 saturated heterocycles. The standard InChI is InChI=1S/C53H93N7O19/c1-48(2,3)75-43(65)55-23-22-34(61)40(64)56-32-25-33(58-45(67)77-50(7,8)9)38(35(62)37(32)74-42-36(63)39(53(16,70)28-71-42)59(17)46(68)78-51(10,11)12)73-41-31(57-44(66)76-49(4,5)6)21-20-30(72-41)27-54-26-29-19-18-24-60(29)47(69)79-52(13,14)15/h20,29,31-39,41-42,54,61-63,70H,18-19,21-28H2,1-17H3,(H,55,65)(H,56,64)(H,57,66)(H,58,67)/t29?,31-,32-,33+,34+,35-,36-,37+,38-,39-,41-,42-,53+/m1/s1. The molecule has 79 heavy (non-hydrogen) atoms. The first kappa shape index (κ1) is 66.6. The van der Waals surface area contributed by atoms with Gasteiger partial charge in [-0.3, -0.25) is 4.79 Å². The Bertz CT molecular complexity index is 2110. The molecule has 0 aromatic carbocycles. The Morgan fingerprint density at radius 2 is 1.25 bits per heavy atom. The van der Waals surface area contributed by atoms with E-state index in [-0.39, 0.29) is 38.4 Å². The van der Waals surface area contributed by atoms with Crippen molar-refractivity contribution in [3.8, 4) is 0 Å². The van der Waals surface area contributed by atoms with Crippen LogP contribution in [0.25, 0.3) is 0 Å². The number of likely N-dealkylation sites (N-methyl/N-ethyl adjacent to an activating group) is 1. The second-order valence-corrected chi connectivity index (χ2v) is 25.8. The molecule has 6 amide bonds. The predicted molar refractivity (Wildman–Crippen MR) is 284 cm³/mol. The van der Waals surface area contributed by atoms with Gasteiger partial charge in [0.25, 0.3) is 0 Å². The van der Waals surface area contributed by atoms with Gasteiger partial charge in [0.15, 0.2) is 6.29 Å². The van der Waals surface area contributed by atoms with Crippen LogP contribution < -0.4 is 26.6 Å². The van der Waals surface area contributed by atoms with Crippen molar-refractivity contribution in [3.05, 3.63) is 11.8 Å². The molecule has 1 unspecified atom stereocenters. The van der Waals surface area contributed by atoms with E-state index in [9.17, 15) is 49.2 Å². The largest absolute Gasteiger partial charge is 0.466 e. The minimum atomic E-state index is -1.93. The van der Waals surface area contributed by atoms with Crippen molar-refractivity contribution in [2.24, 2.45) is 0 Å². The van der Waals surface area contributed by atoms with Crippen LogP contribution in [0.4, 0.5) is 24.0 Å². The minimum Gasteiger partial charge on any atom is -0.466 e. The number of rotatable bonds is 16. The van der Waals surface area contributed by atoms with Gasteiger partial charge in [-0.25, -0.2) is 24.0 Å². The molecule has 26 heteroatoms. The van der Waals surface area contributed by atoms with Gasteiger partial charge in [-0.05, 0) is 149 Å². The predicted octanol–water partition coefficient (Wildman–Crippen LogP) is 3.39. The van der Waals surface area contributed by atoms with E-state index in [1.54, 1.807) is 115 Å². The summed E-state index contributed by atoms with van der Waals surface area (Å²) in [6, 6.07) is -5.28. The third-order valence-electron chi connectivity index (χ3n) is 12.4. The molecule has 0 bridgehead atoms. The zero-order valence-corrected chi connectivity index (χ0v) is 49.4. The van der Waals surface area contributed by atoms with E-state index in [1.165, 1.54) is 14.0 Å². The minimum absolute atomic E-state index is 0.106. The van der Waals surface area contributed by atoms with Crippen LogP contribution in [-0.2, 0) is 47.4 Å². The average Bonchev–Trinajstić information content (AvgIpc) is 3.73. The molecule has 9 N–H and O–H groups in total. The summed E-state index contributed by atoms with van der Waals surface area (Å²) in [6.45, 7) is 26.9. The Balaban J connectivity index is 1.74. The van der Waals surface area contributed by atoms with Crippen LogP contribution in [0.5, 0.6) is 0 Å². The van der Waals surface area contributed by atoms with Crippen molar-refractivity contribution in [2.75, 3.05) is 39.8 Å². The van der Waals surface area contributed by atoms with Gasteiger partial charge in [0.2, 0.25) is 12.2 Å². The van der Waals surface area contributed by atoms with Crippen molar-refractivity contribution in [2.45, 2.75) is 250 Å². The fourth-order valence-corrected chi connectivity index (χ4v) is 9.25. The van der Waals surface area contributed by atoms with Gasteiger partial charge in [0, 0.05) is 32.7 Å². The van der Waals surface area contributed by atoms with Crippen LogP contribution in [0, 0.1) is 0 Å². The van der Waals surface area contributed by atoms with Crippen LogP contribution in [-0.4, -0.2) is 213 Å². The van der Waals surface area contributed by atoms with Crippen molar-refractivity contribution in [3.63, 3.8) is 0 Å². The van der Waals surface area contributed by atoms with Gasteiger partial charge in [-0.15, -0.1) is 0 Å². The van der Waals surface area contributed by atoms with Gasteiger partial charge in [-0.1, -0.05) is 0 Å². The van der Waals surface area contributed by atoms with Crippen molar-refractivity contribution in [1.29, 1.82) is 0 Å². The van der Waals surface area contributed by atoms with Gasteiger partial charge in [0.1, 0.15) is 69.9 Å². The van der Waals surface area contributed by atoms with E-state index in [0.717, 1.165) is 17.7 Å². The first-order valence-electron chi connectivity index (χ1n) is 27.1. The van der Waals surface area contributed by atoms with Crippen LogP contribution in [0.1, 0.15) is 143 Å². The SMILES string of the molecule is CN(C(=O)OC(C)(C)C)[C@@H]1[C@@H](O)[C@@H](O[C@@H]2[C@@H](O)[C@H](O[C@H]3OC(CNCC4CCCN4C(=O)OC(C)(C)C)=CC[C@H]3NC(=O)OC(C)(C)C)[C@@H](NC(=O)OC(C)(C)C)C[C@H]2NC(=O)[C@@H](O)CCNC(=O)OC(C)(C)C)OC[C@]1(C)O. The van der Waals surface area contributed by atoms with E-state index in [4.69, 9.17) is 42.6 Å². The maximum atomic E-state index is 13.9. The number of alkyl carbamates (subject to hydrolysis) is 3. The summed E-state index contributed by atoms with van der Waals surface area (Å²) < 4.78 is 53.2. The summed E-state index contributed by atoms with van der Waals surface area (Å²) >= 11 is 0. The van der Waals surface area contributed by atoms with Gasteiger partial charge < -0.3 is 99.4 Å². The van der Waals surface area contributed by atoms with Crippen molar-refractivity contribution in [1.82, 2.24) is 36.4 Å². The number of hydrogen-bond donors (Lipinski definition) is 9. The maximum absolute atomic E-state index is 13.9. The Morgan fingerprint density at radius 3 is 1.81 bits per heavy atom. The second kappa shape index (κ2) is 26.7. The number of nitrogens with zero attached hydrogens (tertiary/aromatic N) is 2. The average molecular weight is 1130 g/mol. The molecule has 0 radical (unpaired) electrons. The molecule has 4 rings (SSSR count). The number of nitrogens with one attached hydrogen (secondary N) is 5. The van der Waals surface area contributed by atoms with Gasteiger partial charge in [-0.2, -0.15) is 0 Å². The zero-order chi connectivity index (χ0) is 59.8. The quantitative estimate of drug-likeness (QED) is 0.100. The molecule has 4 aliphatic rings. The number of likely N-dealkylation sites (tertiary alicyclic amines) is 1. The van der Waals surface area contributed by atoms with Crippen LogP contribution in [0.2, 0.25) is 0 Å². The first-order chi connectivity index (χ1) is 36.1. The molecule has 13 atom stereocenters. The lowest BCUT2D eigenvalue weighted by molar-refractivity contribution is -0.311. The summed E-state index contributed by atoms with van der Waals surface area (Å²) in [7, 11) is 1.31. The fourth-order valence-electron chi connectivity index (χ4n) is 9.25. The number of hydrogen-bond acceptors (Lipinski definition) is 20. The van der Waals surface area contributed by atoms with E-state index in [1.807, 2.05) is 0 Å². The molecule has 0 aromatic heterocycles. The monoisotopic (exact) mass is 1130 g/mol. The number of carbonyl (C=O) groups is 6. The Kier molecular flexibility index (Phi) is 22.5. The number of carbonyl (C=O) groups excluding carboxylic acids is 6. The molecular weight excluding hydrogens is 1040 g/mol. The van der Waals surface area contributed by atoms with Crippen LogP contribution in [0.15, 0.2) is 11.8 Å². The summed E-state index contributed by atoms with van der Waals surface area (Å²) in [5.41, 5.74) is -6.30. The van der Waals surface area contributed by atoms with E-state index < -0.39 is 144 Å². The number of aliphatic hydroxyl groups is 4. The molecule has 454 valence electrons. The summed E-state index contributed by atoms with van der Waals surface area (Å²) in [5, 5.41) is 61.5. The smallest absolute Gasteiger partial charge is 0.410 e. The zero-order valence-electron chi connectivity index (χ0n) is 49.4. The van der Waals surface area contributed by atoms with Crippen molar-refractivity contribution < 1.29 is 91.8 Å². The first-order valence-corrected chi connectivity index (χ1v) is 27.1. The molecular formula is C53H93N7O19. The number of amides is 6. The van der Waals surface area contributed by atoms with Gasteiger partial charge >= 0.3 is 30.5 Å². The Hall–Kier alpha value is -4.96. The summed E-state index contributed by atoms with van der Waals surface area (Å²) in [4.78, 5) is 82.6. The molecule has 1 saturated carbocycles. The topological polar surface area (TPSA) is 333 Å². The highest BCUT2D eigenvalue weighted by Gasteiger charge is 2.55. The fraction of sp³-hybridized carbons (Fsp3) is 0.849. The Morgan fingerprint density at radius 1 is 0.734 bits per heavy atom. The molecule has 0 aromatic rings. The summed E-state index contributed by atoms with van der Waals surface area (Å²) in [5.74, 6) is -0.635. The molecule has 1 aliphatic carbocycles. The molecule has 3 fully saturated rings. The summed E-state index contributed by atoms with van der Waals surface area (Å²) in [6.07, 6.45) is -13.1. The second-order valence-electron chi connectivity index (χ2n) is 25.8. The highest BCUT2D eigenvalue weighted by Crippen LogP contribution is 2.35.